The number of benzene rings is 1. The fourth-order valence-electron chi connectivity index (χ4n) is 1.13. The molecular weight excluding hydrogens is 226 g/mol. The molecule has 0 heterocycles. The summed E-state index contributed by atoms with van der Waals surface area (Å²) in [6.07, 6.45) is 0. The lowest BCUT2D eigenvalue weighted by molar-refractivity contribution is 0.0857. The van der Waals surface area contributed by atoms with Crippen molar-refractivity contribution in [3.05, 3.63) is 35.9 Å². The first-order valence-corrected chi connectivity index (χ1v) is 6.67. The van der Waals surface area contributed by atoms with E-state index in [9.17, 15) is 13.5 Å². The molecule has 0 radical (unpaired) electrons. The molecule has 16 heavy (non-hydrogen) atoms. The highest BCUT2D eigenvalue weighted by Gasteiger charge is 2.17. The Morgan fingerprint density at radius 1 is 1.25 bits per heavy atom. The molecule has 0 saturated heterocycles. The van der Waals surface area contributed by atoms with Gasteiger partial charge in [0.25, 0.3) is 0 Å². The van der Waals surface area contributed by atoms with Crippen molar-refractivity contribution in [1.82, 2.24) is 4.72 Å². The van der Waals surface area contributed by atoms with E-state index in [0.29, 0.717) is 0 Å². The fourth-order valence-corrected chi connectivity index (χ4v) is 2.44. The van der Waals surface area contributed by atoms with Gasteiger partial charge in [0.05, 0.1) is 11.4 Å². The Balaban J connectivity index is 2.60. The summed E-state index contributed by atoms with van der Waals surface area (Å²) in [5.74, 6) is -0.0656. The molecule has 0 aliphatic carbocycles. The summed E-state index contributed by atoms with van der Waals surface area (Å²) in [6.45, 7) is 3.12. The Bertz CT molecular complexity index is 420. The van der Waals surface area contributed by atoms with Gasteiger partial charge in [0.1, 0.15) is 0 Å². The molecule has 0 amide bonds. The van der Waals surface area contributed by atoms with Crippen LogP contribution in [0, 0.1) is 0 Å². The van der Waals surface area contributed by atoms with Gasteiger partial charge in [-0.2, -0.15) is 0 Å². The minimum absolute atomic E-state index is 0.0160. The number of sulfonamides is 1. The van der Waals surface area contributed by atoms with E-state index in [1.54, 1.807) is 38.1 Å². The molecule has 90 valence electrons. The second kappa shape index (κ2) is 4.95. The molecule has 0 saturated carbocycles. The van der Waals surface area contributed by atoms with Crippen molar-refractivity contribution in [1.29, 1.82) is 0 Å². The molecule has 0 aromatic heterocycles. The van der Waals surface area contributed by atoms with Crippen molar-refractivity contribution in [2.75, 3.05) is 6.54 Å². The molecule has 2 N–H and O–H groups in total. The van der Waals surface area contributed by atoms with Gasteiger partial charge in [-0.1, -0.05) is 30.3 Å². The number of nitrogens with one attached hydrogen (secondary N) is 1. The van der Waals surface area contributed by atoms with Crippen LogP contribution in [0.4, 0.5) is 0 Å². The second-order valence-corrected chi connectivity index (χ2v) is 6.19. The first-order valence-electron chi connectivity index (χ1n) is 5.02. The standard InChI is InChI=1S/C11H17NO3S/c1-11(2,13)9-12-16(14,15)8-10-6-4-3-5-7-10/h3-7,12-13H,8-9H2,1-2H3. The minimum atomic E-state index is -3.38. The van der Waals surface area contributed by atoms with E-state index in [1.165, 1.54) is 0 Å². The third-order valence-corrected chi connectivity index (χ3v) is 3.22. The van der Waals surface area contributed by atoms with Crippen LogP contribution in [-0.4, -0.2) is 25.7 Å². The van der Waals surface area contributed by atoms with Crippen LogP contribution >= 0.6 is 0 Å². The van der Waals surface area contributed by atoms with Crippen LogP contribution in [0.25, 0.3) is 0 Å². The molecule has 1 aromatic rings. The number of rotatable bonds is 5. The van der Waals surface area contributed by atoms with Crippen LogP contribution in [-0.2, 0) is 15.8 Å². The Kier molecular flexibility index (Phi) is 4.07. The highest BCUT2D eigenvalue weighted by Crippen LogP contribution is 2.05. The Morgan fingerprint density at radius 3 is 2.31 bits per heavy atom. The Labute approximate surface area is 96.4 Å². The third-order valence-electron chi connectivity index (χ3n) is 1.92. The van der Waals surface area contributed by atoms with Crippen molar-refractivity contribution in [2.45, 2.75) is 25.2 Å². The average molecular weight is 243 g/mol. The normalized spacial score (nSPS) is 12.7. The molecule has 0 spiro atoms. The Morgan fingerprint density at radius 2 is 1.81 bits per heavy atom. The van der Waals surface area contributed by atoms with Gasteiger partial charge >= 0.3 is 0 Å². The topological polar surface area (TPSA) is 66.4 Å². The first-order chi connectivity index (χ1) is 7.29. The molecule has 0 atom stereocenters. The van der Waals surface area contributed by atoms with Crippen LogP contribution in [0.3, 0.4) is 0 Å². The van der Waals surface area contributed by atoms with Crippen molar-refractivity contribution in [3.8, 4) is 0 Å². The van der Waals surface area contributed by atoms with E-state index in [4.69, 9.17) is 0 Å². The second-order valence-electron chi connectivity index (χ2n) is 4.38. The molecule has 5 heteroatoms. The van der Waals surface area contributed by atoms with Crippen LogP contribution in [0.5, 0.6) is 0 Å². The summed E-state index contributed by atoms with van der Waals surface area (Å²) in [7, 11) is -3.38. The molecular formula is C11H17NO3S. The average Bonchev–Trinajstić information content (AvgIpc) is 2.15. The fraction of sp³-hybridized carbons (Fsp3) is 0.455. The van der Waals surface area contributed by atoms with E-state index in [-0.39, 0.29) is 12.3 Å². The third kappa shape index (κ3) is 5.25. The monoisotopic (exact) mass is 243 g/mol. The maximum atomic E-state index is 11.6. The van der Waals surface area contributed by atoms with Crippen LogP contribution in [0.1, 0.15) is 19.4 Å². The molecule has 0 aliphatic heterocycles. The van der Waals surface area contributed by atoms with E-state index in [0.717, 1.165) is 5.56 Å². The van der Waals surface area contributed by atoms with Crippen LogP contribution in [0.15, 0.2) is 30.3 Å². The van der Waals surface area contributed by atoms with Crippen molar-refractivity contribution < 1.29 is 13.5 Å². The van der Waals surface area contributed by atoms with E-state index in [2.05, 4.69) is 4.72 Å². The van der Waals surface area contributed by atoms with Gasteiger partial charge in [0.2, 0.25) is 10.0 Å². The summed E-state index contributed by atoms with van der Waals surface area (Å²) in [4.78, 5) is 0. The lowest BCUT2D eigenvalue weighted by Gasteiger charge is -2.17. The van der Waals surface area contributed by atoms with Gasteiger partial charge in [-0.3, -0.25) is 0 Å². The molecule has 4 nitrogen and oxygen atoms in total. The molecule has 1 rings (SSSR count). The van der Waals surface area contributed by atoms with Crippen molar-refractivity contribution >= 4 is 10.0 Å². The molecule has 1 aromatic carbocycles. The van der Waals surface area contributed by atoms with E-state index < -0.39 is 15.6 Å². The highest BCUT2D eigenvalue weighted by atomic mass is 32.2. The zero-order valence-corrected chi connectivity index (χ0v) is 10.3. The molecule has 0 aliphatic rings. The molecule has 0 fully saturated rings. The first kappa shape index (κ1) is 13.2. The van der Waals surface area contributed by atoms with Crippen LogP contribution in [0.2, 0.25) is 0 Å². The van der Waals surface area contributed by atoms with E-state index >= 15 is 0 Å². The summed E-state index contributed by atoms with van der Waals surface area (Å²) in [5.41, 5.74) is -0.310. The number of hydrogen-bond donors (Lipinski definition) is 2. The summed E-state index contributed by atoms with van der Waals surface area (Å²) < 4.78 is 25.6. The Hall–Kier alpha value is -0.910. The lowest BCUT2D eigenvalue weighted by atomic mass is 10.1. The number of aliphatic hydroxyl groups is 1. The van der Waals surface area contributed by atoms with Crippen LogP contribution < -0.4 is 4.72 Å². The zero-order chi connectivity index (χ0) is 12.2. The quantitative estimate of drug-likeness (QED) is 0.806. The maximum absolute atomic E-state index is 11.6. The predicted octanol–water partition coefficient (Wildman–Crippen LogP) is 0.877. The minimum Gasteiger partial charge on any atom is -0.389 e. The highest BCUT2D eigenvalue weighted by molar-refractivity contribution is 7.88. The van der Waals surface area contributed by atoms with Gasteiger partial charge in [-0.15, -0.1) is 0 Å². The lowest BCUT2D eigenvalue weighted by Crippen LogP contribution is -2.38. The van der Waals surface area contributed by atoms with Crippen molar-refractivity contribution in [2.24, 2.45) is 0 Å². The number of hydrogen-bond acceptors (Lipinski definition) is 3. The summed E-state index contributed by atoms with van der Waals surface area (Å²) in [5, 5.41) is 9.42. The van der Waals surface area contributed by atoms with Gasteiger partial charge in [0, 0.05) is 6.54 Å². The largest absolute Gasteiger partial charge is 0.389 e. The maximum Gasteiger partial charge on any atom is 0.215 e. The van der Waals surface area contributed by atoms with E-state index in [1.807, 2.05) is 6.07 Å². The molecule has 0 unspecified atom stereocenters. The summed E-state index contributed by atoms with van der Waals surface area (Å²) >= 11 is 0. The van der Waals surface area contributed by atoms with Crippen molar-refractivity contribution in [3.63, 3.8) is 0 Å². The SMILES string of the molecule is CC(C)(O)CNS(=O)(=O)Cc1ccccc1. The van der Waals surface area contributed by atoms with Gasteiger partial charge in [-0.05, 0) is 19.4 Å². The smallest absolute Gasteiger partial charge is 0.215 e. The zero-order valence-electron chi connectivity index (χ0n) is 9.47. The van der Waals surface area contributed by atoms with Gasteiger partial charge < -0.3 is 5.11 Å². The van der Waals surface area contributed by atoms with Gasteiger partial charge in [-0.25, -0.2) is 13.1 Å². The van der Waals surface area contributed by atoms with Gasteiger partial charge in [0.15, 0.2) is 0 Å². The summed E-state index contributed by atoms with van der Waals surface area (Å²) in [6, 6.07) is 8.93. The predicted molar refractivity (Wildman–Crippen MR) is 63.4 cm³/mol. The molecule has 0 bridgehead atoms.